The fraction of sp³-hybridized carbons (Fsp3) is 0.500. The van der Waals surface area contributed by atoms with Gasteiger partial charge in [0.25, 0.3) is 0 Å². The second-order valence-electron chi connectivity index (χ2n) is 7.98. The average Bonchev–Trinajstić information content (AvgIpc) is 3.35. The van der Waals surface area contributed by atoms with Crippen molar-refractivity contribution in [3.63, 3.8) is 0 Å². The Balaban J connectivity index is 1.38. The SMILES string of the molecule is O=C(N[C@@H](Cc1coc2ccccc12)OB(O)O)C(=O)N1CCC2(CCOC2)CC1. The van der Waals surface area contributed by atoms with E-state index >= 15 is 0 Å². The van der Waals surface area contributed by atoms with Crippen LogP contribution < -0.4 is 5.32 Å². The number of carbonyl (C=O) groups is 2. The fourth-order valence-electron chi connectivity index (χ4n) is 4.25. The van der Waals surface area contributed by atoms with Gasteiger partial charge in [0.2, 0.25) is 0 Å². The predicted molar refractivity (Wildman–Crippen MR) is 107 cm³/mol. The van der Waals surface area contributed by atoms with Gasteiger partial charge in [0.15, 0.2) is 0 Å². The second kappa shape index (κ2) is 8.77. The lowest BCUT2D eigenvalue weighted by atomic mass is 9.78. The number of piperidine rings is 1. The molecule has 2 saturated heterocycles. The molecule has 0 unspecified atom stereocenters. The van der Waals surface area contributed by atoms with Crippen LogP contribution >= 0.6 is 0 Å². The molecule has 2 amide bonds. The first-order valence-corrected chi connectivity index (χ1v) is 10.1. The van der Waals surface area contributed by atoms with Gasteiger partial charge in [-0.2, -0.15) is 0 Å². The lowest BCUT2D eigenvalue weighted by Gasteiger charge is -2.38. The normalized spacial score (nSPS) is 19.2. The highest BCUT2D eigenvalue weighted by atomic mass is 16.6. The van der Waals surface area contributed by atoms with Crippen molar-refractivity contribution in [1.82, 2.24) is 10.2 Å². The van der Waals surface area contributed by atoms with E-state index in [1.54, 1.807) is 6.07 Å². The highest BCUT2D eigenvalue weighted by Crippen LogP contribution is 2.39. The van der Waals surface area contributed by atoms with Gasteiger partial charge in [-0.3, -0.25) is 9.59 Å². The van der Waals surface area contributed by atoms with Crippen LogP contribution in [0.2, 0.25) is 0 Å². The molecule has 3 heterocycles. The summed E-state index contributed by atoms with van der Waals surface area (Å²) in [5.74, 6) is -1.49. The van der Waals surface area contributed by atoms with Gasteiger partial charge < -0.3 is 34.1 Å². The van der Waals surface area contributed by atoms with Crippen LogP contribution in [-0.2, 0) is 25.4 Å². The number of furan rings is 1. The molecule has 3 N–H and O–H groups in total. The number of amides is 2. The van der Waals surface area contributed by atoms with E-state index in [1.165, 1.54) is 11.2 Å². The van der Waals surface area contributed by atoms with Gasteiger partial charge in [-0.05, 0) is 30.7 Å². The Labute approximate surface area is 174 Å². The van der Waals surface area contributed by atoms with Crippen LogP contribution in [0, 0.1) is 5.41 Å². The summed E-state index contributed by atoms with van der Waals surface area (Å²) in [6.07, 6.45) is 3.12. The number of ether oxygens (including phenoxy) is 1. The van der Waals surface area contributed by atoms with Gasteiger partial charge in [0.05, 0.1) is 12.9 Å². The minimum Gasteiger partial charge on any atom is -0.464 e. The van der Waals surface area contributed by atoms with E-state index in [4.69, 9.17) is 13.8 Å². The lowest BCUT2D eigenvalue weighted by molar-refractivity contribution is -0.149. The van der Waals surface area contributed by atoms with Crippen molar-refractivity contribution >= 4 is 30.1 Å². The molecule has 1 aromatic heterocycles. The molecule has 4 rings (SSSR count). The Morgan fingerprint density at radius 1 is 1.23 bits per heavy atom. The monoisotopic (exact) mass is 416 g/mol. The number of carbonyl (C=O) groups excluding carboxylic acids is 2. The van der Waals surface area contributed by atoms with Gasteiger partial charge in [0.1, 0.15) is 11.8 Å². The highest BCUT2D eigenvalue weighted by Gasteiger charge is 2.40. The quantitative estimate of drug-likeness (QED) is 0.367. The first kappa shape index (κ1) is 20.9. The maximum Gasteiger partial charge on any atom is 0.635 e. The smallest absolute Gasteiger partial charge is 0.464 e. The molecule has 2 aliphatic heterocycles. The number of hydrogen-bond acceptors (Lipinski definition) is 7. The van der Waals surface area contributed by atoms with Gasteiger partial charge in [-0.15, -0.1) is 0 Å². The zero-order valence-corrected chi connectivity index (χ0v) is 16.6. The first-order chi connectivity index (χ1) is 14.5. The molecule has 160 valence electrons. The summed E-state index contributed by atoms with van der Waals surface area (Å²) in [6.45, 7) is 2.45. The van der Waals surface area contributed by atoms with E-state index in [0.29, 0.717) is 30.8 Å². The minimum absolute atomic E-state index is 0.105. The Morgan fingerprint density at radius 2 is 2.00 bits per heavy atom. The van der Waals surface area contributed by atoms with E-state index in [9.17, 15) is 19.6 Å². The predicted octanol–water partition coefficient (Wildman–Crippen LogP) is 0.433. The Morgan fingerprint density at radius 3 is 2.70 bits per heavy atom. The number of benzene rings is 1. The van der Waals surface area contributed by atoms with E-state index in [2.05, 4.69) is 5.32 Å². The fourth-order valence-corrected chi connectivity index (χ4v) is 4.25. The standard InChI is InChI=1S/C20H25BN2O7/c24-18(19(25)23-8-5-20(6-9-23)7-10-28-13-20)22-17(30-21(26)27)11-14-12-29-16-4-2-1-3-15(14)16/h1-4,12,17,26-27H,5-11,13H2,(H,22,24)/t17-/m1/s1. The lowest BCUT2D eigenvalue weighted by Crippen LogP contribution is -2.52. The molecule has 9 nitrogen and oxygen atoms in total. The molecular weight excluding hydrogens is 391 g/mol. The van der Waals surface area contributed by atoms with Crippen molar-refractivity contribution in [3.05, 3.63) is 36.1 Å². The van der Waals surface area contributed by atoms with Gasteiger partial charge >= 0.3 is 19.1 Å². The van der Waals surface area contributed by atoms with E-state index in [1.807, 2.05) is 18.2 Å². The van der Waals surface area contributed by atoms with Crippen molar-refractivity contribution in [3.8, 4) is 0 Å². The number of likely N-dealkylation sites (tertiary alicyclic amines) is 1. The number of para-hydroxylation sites is 1. The van der Waals surface area contributed by atoms with Crippen molar-refractivity contribution in [1.29, 1.82) is 0 Å². The van der Waals surface area contributed by atoms with Crippen molar-refractivity contribution < 1.29 is 33.4 Å². The van der Waals surface area contributed by atoms with Crippen LogP contribution in [0.3, 0.4) is 0 Å². The van der Waals surface area contributed by atoms with E-state index in [-0.39, 0.29) is 11.8 Å². The molecular formula is C20H25BN2O7. The Kier molecular flexibility index (Phi) is 6.10. The molecule has 1 aromatic carbocycles. The summed E-state index contributed by atoms with van der Waals surface area (Å²) in [5.41, 5.74) is 1.50. The molecule has 2 fully saturated rings. The molecule has 30 heavy (non-hydrogen) atoms. The van der Waals surface area contributed by atoms with Crippen LogP contribution in [0.4, 0.5) is 0 Å². The Bertz CT molecular complexity index is 899. The van der Waals surface area contributed by atoms with Crippen LogP contribution in [0.5, 0.6) is 0 Å². The average molecular weight is 416 g/mol. The number of fused-ring (bicyclic) bond motifs is 1. The summed E-state index contributed by atoms with van der Waals surface area (Å²) < 4.78 is 16.0. The maximum atomic E-state index is 12.6. The number of nitrogens with one attached hydrogen (secondary N) is 1. The van der Waals surface area contributed by atoms with Crippen LogP contribution in [0.1, 0.15) is 24.8 Å². The third kappa shape index (κ3) is 4.51. The van der Waals surface area contributed by atoms with Crippen molar-refractivity contribution in [2.24, 2.45) is 5.41 Å². The van der Waals surface area contributed by atoms with Gasteiger partial charge in [0, 0.05) is 37.1 Å². The highest BCUT2D eigenvalue weighted by molar-refractivity contribution is 6.35. The van der Waals surface area contributed by atoms with Crippen molar-refractivity contribution in [2.75, 3.05) is 26.3 Å². The van der Waals surface area contributed by atoms with Crippen LogP contribution in [-0.4, -0.2) is 66.6 Å². The topological polar surface area (TPSA) is 121 Å². The first-order valence-electron chi connectivity index (χ1n) is 10.1. The van der Waals surface area contributed by atoms with E-state index in [0.717, 1.165) is 31.3 Å². The van der Waals surface area contributed by atoms with Crippen LogP contribution in [0.15, 0.2) is 34.9 Å². The minimum atomic E-state index is -2.10. The summed E-state index contributed by atoms with van der Waals surface area (Å²) in [6, 6.07) is 7.33. The summed E-state index contributed by atoms with van der Waals surface area (Å²) >= 11 is 0. The van der Waals surface area contributed by atoms with Gasteiger partial charge in [-0.1, -0.05) is 18.2 Å². The summed E-state index contributed by atoms with van der Waals surface area (Å²) in [4.78, 5) is 26.7. The molecule has 0 saturated carbocycles. The zero-order valence-electron chi connectivity index (χ0n) is 16.6. The van der Waals surface area contributed by atoms with Crippen molar-refractivity contribution in [2.45, 2.75) is 31.9 Å². The van der Waals surface area contributed by atoms with Crippen LogP contribution in [0.25, 0.3) is 11.0 Å². The summed E-state index contributed by atoms with van der Waals surface area (Å²) in [7, 11) is -2.10. The number of rotatable bonds is 5. The summed E-state index contributed by atoms with van der Waals surface area (Å²) in [5, 5.41) is 21.8. The largest absolute Gasteiger partial charge is 0.635 e. The number of nitrogens with zero attached hydrogens (tertiary/aromatic N) is 1. The molecule has 1 atom stereocenters. The maximum absolute atomic E-state index is 12.6. The Hall–Kier alpha value is -2.40. The van der Waals surface area contributed by atoms with E-state index < -0.39 is 25.4 Å². The molecule has 10 heteroatoms. The molecule has 1 spiro atoms. The molecule has 0 aliphatic carbocycles. The molecule has 2 aromatic rings. The second-order valence-corrected chi connectivity index (χ2v) is 7.98. The third-order valence-corrected chi connectivity index (χ3v) is 6.04. The zero-order chi connectivity index (χ0) is 21.1. The third-order valence-electron chi connectivity index (χ3n) is 6.04. The molecule has 2 aliphatic rings. The molecule has 0 radical (unpaired) electrons. The number of hydrogen-bond donors (Lipinski definition) is 3. The molecule has 0 bridgehead atoms. The van der Waals surface area contributed by atoms with Gasteiger partial charge in [-0.25, -0.2) is 0 Å².